The maximum atomic E-state index is 5.75. The third-order valence-electron chi connectivity index (χ3n) is 4.84. The van der Waals surface area contributed by atoms with Crippen molar-refractivity contribution in [3.8, 4) is 0 Å². The standard InChI is InChI=1S/C18H35N3O3S.HI/c1-3-19-17(21-15-18(25-2)6-11-22-12-7-18)20-8-4-9-23-13-16-5-10-24-14-16;/h16H,3-15H2,1-2H3,(H2,19,20,21);1H. The lowest BCUT2D eigenvalue weighted by Crippen LogP contribution is -2.41. The van der Waals surface area contributed by atoms with Gasteiger partial charge in [-0.25, -0.2) is 0 Å². The molecule has 1 atom stereocenters. The molecule has 2 rings (SSSR count). The molecule has 2 saturated heterocycles. The van der Waals surface area contributed by atoms with E-state index in [0.29, 0.717) is 5.92 Å². The number of hydrogen-bond donors (Lipinski definition) is 2. The summed E-state index contributed by atoms with van der Waals surface area (Å²) < 4.78 is 16.8. The zero-order chi connectivity index (χ0) is 17.8. The van der Waals surface area contributed by atoms with Gasteiger partial charge in [0.2, 0.25) is 0 Å². The van der Waals surface area contributed by atoms with Crippen molar-refractivity contribution in [1.82, 2.24) is 10.6 Å². The molecule has 2 heterocycles. The first kappa shape index (κ1) is 24.3. The second-order valence-electron chi connectivity index (χ2n) is 6.78. The summed E-state index contributed by atoms with van der Waals surface area (Å²) in [6.07, 6.45) is 6.47. The maximum Gasteiger partial charge on any atom is 0.191 e. The smallest absolute Gasteiger partial charge is 0.191 e. The number of nitrogens with zero attached hydrogens (tertiary/aromatic N) is 1. The lowest BCUT2D eigenvalue weighted by atomic mass is 9.99. The minimum absolute atomic E-state index is 0. The Kier molecular flexibility index (Phi) is 13.3. The Balaban J connectivity index is 0.00000338. The van der Waals surface area contributed by atoms with E-state index in [0.717, 1.165) is 90.9 Å². The van der Waals surface area contributed by atoms with Gasteiger partial charge in [0.15, 0.2) is 5.96 Å². The average Bonchev–Trinajstić information content (AvgIpc) is 3.16. The van der Waals surface area contributed by atoms with E-state index in [2.05, 4.69) is 23.8 Å². The van der Waals surface area contributed by atoms with Crippen molar-refractivity contribution in [3.05, 3.63) is 0 Å². The number of hydrogen-bond acceptors (Lipinski definition) is 5. The van der Waals surface area contributed by atoms with Crippen molar-refractivity contribution in [2.45, 2.75) is 37.4 Å². The fourth-order valence-electron chi connectivity index (χ4n) is 3.08. The minimum Gasteiger partial charge on any atom is -0.381 e. The van der Waals surface area contributed by atoms with Gasteiger partial charge in [-0.3, -0.25) is 4.99 Å². The van der Waals surface area contributed by atoms with Crippen LogP contribution < -0.4 is 10.6 Å². The number of thioether (sulfide) groups is 1. The van der Waals surface area contributed by atoms with Gasteiger partial charge in [0.25, 0.3) is 0 Å². The fourth-order valence-corrected chi connectivity index (χ4v) is 3.85. The molecule has 2 aliphatic rings. The molecule has 6 nitrogen and oxygen atoms in total. The summed E-state index contributed by atoms with van der Waals surface area (Å²) in [5.74, 6) is 1.50. The van der Waals surface area contributed by atoms with Gasteiger partial charge in [-0.05, 0) is 38.9 Å². The molecule has 0 radical (unpaired) electrons. The molecular weight excluding hydrogens is 465 g/mol. The third-order valence-corrected chi connectivity index (χ3v) is 6.25. The van der Waals surface area contributed by atoms with Crippen LogP contribution in [0.5, 0.6) is 0 Å². The molecule has 0 bridgehead atoms. The Morgan fingerprint density at radius 3 is 2.69 bits per heavy atom. The third kappa shape index (κ3) is 8.95. The summed E-state index contributed by atoms with van der Waals surface area (Å²) in [4.78, 5) is 4.82. The Morgan fingerprint density at radius 2 is 2.04 bits per heavy atom. The van der Waals surface area contributed by atoms with Crippen molar-refractivity contribution in [2.75, 3.05) is 65.5 Å². The second kappa shape index (κ2) is 14.3. The van der Waals surface area contributed by atoms with Crippen LogP contribution in [0, 0.1) is 5.92 Å². The molecule has 0 saturated carbocycles. The van der Waals surface area contributed by atoms with Crippen LogP contribution in [-0.2, 0) is 14.2 Å². The SMILES string of the molecule is CCNC(=NCC1(SC)CCOCC1)NCCCOCC1CCOC1.I. The first-order valence-electron chi connectivity index (χ1n) is 9.58. The maximum absolute atomic E-state index is 5.75. The number of aliphatic imine (C=N–C) groups is 1. The molecule has 8 heteroatoms. The van der Waals surface area contributed by atoms with E-state index in [9.17, 15) is 0 Å². The summed E-state index contributed by atoms with van der Waals surface area (Å²) in [6, 6.07) is 0. The van der Waals surface area contributed by atoms with Crippen molar-refractivity contribution in [3.63, 3.8) is 0 Å². The average molecular weight is 501 g/mol. The lowest BCUT2D eigenvalue weighted by molar-refractivity contribution is 0.0794. The molecule has 0 aromatic heterocycles. The van der Waals surface area contributed by atoms with Gasteiger partial charge in [-0.1, -0.05) is 0 Å². The molecule has 1 unspecified atom stereocenters. The summed E-state index contributed by atoms with van der Waals surface area (Å²) >= 11 is 1.93. The summed E-state index contributed by atoms with van der Waals surface area (Å²) in [5, 5.41) is 6.76. The molecule has 26 heavy (non-hydrogen) atoms. The Bertz CT molecular complexity index is 390. The number of ether oxygens (including phenoxy) is 3. The van der Waals surface area contributed by atoms with E-state index in [1.807, 2.05) is 11.8 Å². The van der Waals surface area contributed by atoms with Gasteiger partial charge in [0.1, 0.15) is 0 Å². The van der Waals surface area contributed by atoms with Crippen LogP contribution in [0.3, 0.4) is 0 Å². The highest BCUT2D eigenvalue weighted by Gasteiger charge is 2.31. The highest BCUT2D eigenvalue weighted by Crippen LogP contribution is 2.33. The molecule has 2 N–H and O–H groups in total. The van der Waals surface area contributed by atoms with Crippen molar-refractivity contribution < 1.29 is 14.2 Å². The number of halogens is 1. The van der Waals surface area contributed by atoms with Crippen molar-refractivity contribution in [1.29, 1.82) is 0 Å². The molecule has 0 spiro atoms. The van der Waals surface area contributed by atoms with Gasteiger partial charge >= 0.3 is 0 Å². The van der Waals surface area contributed by atoms with Crippen LogP contribution in [0.25, 0.3) is 0 Å². The Hall–Kier alpha value is 0.230. The van der Waals surface area contributed by atoms with E-state index in [-0.39, 0.29) is 28.7 Å². The van der Waals surface area contributed by atoms with Crippen LogP contribution in [0.1, 0.15) is 32.6 Å². The van der Waals surface area contributed by atoms with Crippen LogP contribution in [0.15, 0.2) is 4.99 Å². The van der Waals surface area contributed by atoms with E-state index in [1.165, 1.54) is 0 Å². The summed E-state index contributed by atoms with van der Waals surface area (Å²) in [5.41, 5.74) is 0. The van der Waals surface area contributed by atoms with Crippen LogP contribution >= 0.6 is 35.7 Å². The predicted molar refractivity (Wildman–Crippen MR) is 120 cm³/mol. The highest BCUT2D eigenvalue weighted by atomic mass is 127. The number of rotatable bonds is 10. The first-order chi connectivity index (χ1) is 12.3. The van der Waals surface area contributed by atoms with Crippen molar-refractivity contribution in [2.24, 2.45) is 10.9 Å². The second-order valence-corrected chi connectivity index (χ2v) is 8.05. The Labute approximate surface area is 180 Å². The summed E-state index contributed by atoms with van der Waals surface area (Å²) in [7, 11) is 0. The van der Waals surface area contributed by atoms with Gasteiger partial charge in [-0.2, -0.15) is 11.8 Å². The summed E-state index contributed by atoms with van der Waals surface area (Å²) in [6.45, 7) is 9.75. The number of guanidine groups is 1. The predicted octanol–water partition coefficient (Wildman–Crippen LogP) is 2.51. The van der Waals surface area contributed by atoms with E-state index in [4.69, 9.17) is 19.2 Å². The zero-order valence-electron chi connectivity index (χ0n) is 16.3. The zero-order valence-corrected chi connectivity index (χ0v) is 19.4. The van der Waals surface area contributed by atoms with Gasteiger partial charge < -0.3 is 24.8 Å². The van der Waals surface area contributed by atoms with E-state index < -0.39 is 0 Å². The molecular formula is C18H36IN3O3S. The van der Waals surface area contributed by atoms with Gasteiger partial charge in [0, 0.05) is 50.2 Å². The molecule has 0 aliphatic carbocycles. The van der Waals surface area contributed by atoms with Crippen molar-refractivity contribution >= 4 is 41.7 Å². The van der Waals surface area contributed by atoms with Crippen LogP contribution in [0.2, 0.25) is 0 Å². The molecule has 0 amide bonds. The van der Waals surface area contributed by atoms with E-state index in [1.54, 1.807) is 0 Å². The minimum atomic E-state index is 0. The molecule has 2 aliphatic heterocycles. The van der Waals surface area contributed by atoms with Crippen LogP contribution in [-0.4, -0.2) is 76.2 Å². The molecule has 0 aromatic carbocycles. The Morgan fingerprint density at radius 1 is 1.23 bits per heavy atom. The van der Waals surface area contributed by atoms with Gasteiger partial charge in [0.05, 0.1) is 19.8 Å². The monoisotopic (exact) mass is 501 g/mol. The quantitative estimate of drug-likeness (QED) is 0.208. The fraction of sp³-hybridized carbons (Fsp3) is 0.944. The lowest BCUT2D eigenvalue weighted by Gasteiger charge is -2.34. The van der Waals surface area contributed by atoms with E-state index >= 15 is 0 Å². The first-order valence-corrected chi connectivity index (χ1v) is 10.8. The van der Waals surface area contributed by atoms with Gasteiger partial charge in [-0.15, -0.1) is 24.0 Å². The number of nitrogens with one attached hydrogen (secondary N) is 2. The molecule has 2 fully saturated rings. The molecule has 0 aromatic rings. The normalized spacial score (nSPS) is 22.7. The topological polar surface area (TPSA) is 64.1 Å². The molecule has 154 valence electrons. The largest absolute Gasteiger partial charge is 0.381 e. The van der Waals surface area contributed by atoms with Crippen LogP contribution in [0.4, 0.5) is 0 Å². The highest BCUT2D eigenvalue weighted by molar-refractivity contribution is 14.0.